The Bertz CT molecular complexity index is 807. The molecule has 2 unspecified atom stereocenters. The number of carbonyl (C=O) groups is 1. The third-order valence-electron chi connectivity index (χ3n) is 5.24. The molecule has 0 aromatic heterocycles. The van der Waals surface area contributed by atoms with Crippen molar-refractivity contribution in [1.29, 1.82) is 0 Å². The second-order valence-corrected chi connectivity index (χ2v) is 10.3. The fourth-order valence-corrected chi connectivity index (χ4v) is 5.01. The van der Waals surface area contributed by atoms with E-state index in [9.17, 15) is 13.2 Å². The number of benzene rings is 1. The lowest BCUT2D eigenvalue weighted by atomic mass is 9.89. The van der Waals surface area contributed by atoms with Crippen molar-refractivity contribution in [2.24, 2.45) is 5.92 Å². The zero-order valence-corrected chi connectivity index (χ0v) is 17.3. The third kappa shape index (κ3) is 4.28. The number of rotatable bonds is 4. The van der Waals surface area contributed by atoms with Crippen molar-refractivity contribution in [2.75, 3.05) is 27.2 Å². The average Bonchev–Trinajstić information content (AvgIpc) is 2.60. The molecule has 2 aliphatic heterocycles. The van der Waals surface area contributed by atoms with Gasteiger partial charge < -0.3 is 10.1 Å². The largest absolute Gasteiger partial charge is 0.487 e. The minimum Gasteiger partial charge on any atom is -0.487 e. The molecular weight excluding hydrogens is 366 g/mol. The fraction of sp³-hybridized carbons (Fsp3) is 0.632. The normalized spacial score (nSPS) is 25.5. The molecule has 1 N–H and O–H groups in total. The lowest BCUT2D eigenvalue weighted by Gasteiger charge is -2.39. The number of fused-ring (bicyclic) bond motifs is 1. The van der Waals surface area contributed by atoms with Gasteiger partial charge in [-0.1, -0.05) is 18.2 Å². The van der Waals surface area contributed by atoms with Crippen LogP contribution in [-0.2, 0) is 15.0 Å². The molecule has 1 aromatic carbocycles. The monoisotopic (exact) mass is 395 g/mol. The summed E-state index contributed by atoms with van der Waals surface area (Å²) in [6.07, 6.45) is 2.04. The van der Waals surface area contributed by atoms with Gasteiger partial charge in [0.05, 0.1) is 12.0 Å². The number of ether oxygens (including phenoxy) is 1. The van der Waals surface area contributed by atoms with E-state index in [1.807, 2.05) is 38.1 Å². The van der Waals surface area contributed by atoms with E-state index in [4.69, 9.17) is 4.74 Å². The summed E-state index contributed by atoms with van der Waals surface area (Å²) in [5.41, 5.74) is 0.595. The fourth-order valence-electron chi connectivity index (χ4n) is 3.82. The molecule has 150 valence electrons. The van der Waals surface area contributed by atoms with Crippen LogP contribution in [0.5, 0.6) is 5.75 Å². The van der Waals surface area contributed by atoms with E-state index in [-0.39, 0.29) is 30.0 Å². The highest BCUT2D eigenvalue weighted by Gasteiger charge is 2.37. The number of para-hydroxylation sites is 1. The minimum absolute atomic E-state index is 0.0915. The molecule has 8 heteroatoms. The van der Waals surface area contributed by atoms with Gasteiger partial charge in [-0.3, -0.25) is 4.79 Å². The molecule has 0 spiro atoms. The van der Waals surface area contributed by atoms with Crippen LogP contribution in [0.2, 0.25) is 0 Å². The predicted octanol–water partition coefficient (Wildman–Crippen LogP) is 1.92. The van der Waals surface area contributed by atoms with Crippen molar-refractivity contribution in [3.8, 4) is 5.75 Å². The first kappa shape index (κ1) is 20.1. The summed E-state index contributed by atoms with van der Waals surface area (Å²) in [7, 11) is -0.472. The first-order valence-electron chi connectivity index (χ1n) is 9.36. The van der Waals surface area contributed by atoms with Gasteiger partial charge in [-0.2, -0.15) is 17.0 Å². The highest BCUT2D eigenvalue weighted by atomic mass is 32.2. The molecule has 1 aromatic rings. The van der Waals surface area contributed by atoms with Crippen LogP contribution in [0.4, 0.5) is 0 Å². The standard InChI is InChI=1S/C19H29N3O4S/c1-19(2)12-16(15-9-5-6-10-17(15)26-19)20-18(23)14-8-7-11-22(13-14)27(24,25)21(3)4/h5-6,9-10,14,16H,7-8,11-13H2,1-4H3,(H,20,23). The minimum atomic E-state index is -3.50. The molecule has 7 nitrogen and oxygen atoms in total. The van der Waals surface area contributed by atoms with Crippen molar-refractivity contribution in [3.63, 3.8) is 0 Å². The van der Waals surface area contributed by atoms with Crippen LogP contribution in [0.15, 0.2) is 24.3 Å². The van der Waals surface area contributed by atoms with Gasteiger partial charge >= 0.3 is 0 Å². The number of nitrogens with one attached hydrogen (secondary N) is 1. The smallest absolute Gasteiger partial charge is 0.281 e. The first-order chi connectivity index (χ1) is 12.6. The summed E-state index contributed by atoms with van der Waals surface area (Å²) < 4.78 is 33.4. The molecule has 0 radical (unpaired) electrons. The van der Waals surface area contributed by atoms with E-state index in [2.05, 4.69) is 5.32 Å². The number of nitrogens with zero attached hydrogens (tertiary/aromatic N) is 2. The Morgan fingerprint density at radius 1 is 1.30 bits per heavy atom. The summed E-state index contributed by atoms with van der Waals surface area (Å²) in [6.45, 7) is 4.69. The predicted molar refractivity (Wildman–Crippen MR) is 104 cm³/mol. The zero-order valence-electron chi connectivity index (χ0n) is 16.4. The number of hydrogen-bond acceptors (Lipinski definition) is 4. The molecule has 2 aliphatic rings. The van der Waals surface area contributed by atoms with E-state index >= 15 is 0 Å². The highest BCUT2D eigenvalue weighted by Crippen LogP contribution is 2.39. The molecule has 0 saturated carbocycles. The second kappa shape index (κ2) is 7.41. The maximum absolute atomic E-state index is 12.9. The topological polar surface area (TPSA) is 79.0 Å². The van der Waals surface area contributed by atoms with Gasteiger partial charge in [0, 0.05) is 39.2 Å². The molecule has 27 heavy (non-hydrogen) atoms. The number of amides is 1. The van der Waals surface area contributed by atoms with E-state index < -0.39 is 10.2 Å². The zero-order chi connectivity index (χ0) is 19.8. The highest BCUT2D eigenvalue weighted by molar-refractivity contribution is 7.86. The quantitative estimate of drug-likeness (QED) is 0.845. The molecule has 1 amide bonds. The van der Waals surface area contributed by atoms with Crippen molar-refractivity contribution in [1.82, 2.24) is 13.9 Å². The summed E-state index contributed by atoms with van der Waals surface area (Å²) in [5, 5.41) is 3.15. The van der Waals surface area contributed by atoms with Crippen LogP contribution < -0.4 is 10.1 Å². The number of carbonyl (C=O) groups excluding carboxylic acids is 1. The van der Waals surface area contributed by atoms with Gasteiger partial charge in [-0.05, 0) is 32.8 Å². The summed E-state index contributed by atoms with van der Waals surface area (Å²) in [6, 6.07) is 7.61. The molecule has 1 saturated heterocycles. The SMILES string of the molecule is CN(C)S(=O)(=O)N1CCCC(C(=O)NC2CC(C)(C)Oc3ccccc32)C1. The maximum atomic E-state index is 12.9. The van der Waals surface area contributed by atoms with Crippen LogP contribution in [0.3, 0.4) is 0 Å². The molecule has 1 fully saturated rings. The van der Waals surface area contributed by atoms with Crippen molar-refractivity contribution in [2.45, 2.75) is 44.8 Å². The lowest BCUT2D eigenvalue weighted by molar-refractivity contribution is -0.127. The Morgan fingerprint density at radius 3 is 2.70 bits per heavy atom. The van der Waals surface area contributed by atoms with Crippen LogP contribution >= 0.6 is 0 Å². The van der Waals surface area contributed by atoms with Crippen molar-refractivity contribution < 1.29 is 17.9 Å². The molecule has 2 heterocycles. The van der Waals surface area contributed by atoms with Gasteiger partial charge in [0.25, 0.3) is 10.2 Å². The second-order valence-electron chi connectivity index (χ2n) is 8.15. The van der Waals surface area contributed by atoms with Gasteiger partial charge in [0.2, 0.25) is 5.91 Å². The lowest BCUT2D eigenvalue weighted by Crippen LogP contribution is -2.50. The van der Waals surface area contributed by atoms with Gasteiger partial charge in [-0.15, -0.1) is 0 Å². The van der Waals surface area contributed by atoms with Crippen LogP contribution in [-0.4, -0.2) is 55.7 Å². The number of hydrogen-bond donors (Lipinski definition) is 1. The van der Waals surface area contributed by atoms with E-state index in [1.54, 1.807) is 0 Å². The van der Waals surface area contributed by atoms with Gasteiger partial charge in [0.15, 0.2) is 0 Å². The van der Waals surface area contributed by atoms with Gasteiger partial charge in [0.1, 0.15) is 11.4 Å². The van der Waals surface area contributed by atoms with Crippen molar-refractivity contribution in [3.05, 3.63) is 29.8 Å². The average molecular weight is 396 g/mol. The summed E-state index contributed by atoms with van der Waals surface area (Å²) in [4.78, 5) is 12.9. The Hall–Kier alpha value is -1.64. The van der Waals surface area contributed by atoms with E-state index in [0.29, 0.717) is 25.8 Å². The number of piperidine rings is 1. The van der Waals surface area contributed by atoms with Crippen LogP contribution in [0, 0.1) is 5.92 Å². The maximum Gasteiger partial charge on any atom is 0.281 e. The Morgan fingerprint density at radius 2 is 2.00 bits per heavy atom. The Labute approximate surface area is 161 Å². The van der Waals surface area contributed by atoms with Crippen LogP contribution in [0.25, 0.3) is 0 Å². The molecule has 0 aliphatic carbocycles. The molecular formula is C19H29N3O4S. The van der Waals surface area contributed by atoms with E-state index in [1.165, 1.54) is 22.7 Å². The first-order valence-corrected chi connectivity index (χ1v) is 10.8. The van der Waals surface area contributed by atoms with Crippen LogP contribution in [0.1, 0.15) is 44.7 Å². The molecule has 0 bridgehead atoms. The third-order valence-corrected chi connectivity index (χ3v) is 7.14. The molecule has 2 atom stereocenters. The van der Waals surface area contributed by atoms with Crippen molar-refractivity contribution >= 4 is 16.1 Å². The summed E-state index contributed by atoms with van der Waals surface area (Å²) in [5.74, 6) is 0.359. The van der Waals surface area contributed by atoms with E-state index in [0.717, 1.165) is 11.3 Å². The Kier molecular flexibility index (Phi) is 5.52. The molecule has 3 rings (SSSR count). The van der Waals surface area contributed by atoms with Gasteiger partial charge in [-0.25, -0.2) is 0 Å². The Balaban J connectivity index is 1.74. The summed E-state index contributed by atoms with van der Waals surface area (Å²) >= 11 is 0.